The van der Waals surface area contributed by atoms with E-state index >= 15 is 0 Å². The number of carbonyl (C=O) groups is 1. The van der Waals surface area contributed by atoms with E-state index in [9.17, 15) is 4.79 Å². The van der Waals surface area contributed by atoms with Crippen LogP contribution in [0.5, 0.6) is 0 Å². The molecule has 0 aromatic heterocycles. The van der Waals surface area contributed by atoms with Gasteiger partial charge in [0.05, 0.1) is 0 Å². The smallest absolute Gasteiger partial charge is 0.251 e. The Balaban J connectivity index is 0.00000200. The predicted molar refractivity (Wildman–Crippen MR) is 91.6 cm³/mol. The van der Waals surface area contributed by atoms with Gasteiger partial charge in [0.25, 0.3) is 5.91 Å². The van der Waals surface area contributed by atoms with E-state index in [0.29, 0.717) is 18.7 Å². The summed E-state index contributed by atoms with van der Waals surface area (Å²) in [5, 5.41) is 9.25. The average molecular weight is 388 g/mol. The van der Waals surface area contributed by atoms with Gasteiger partial charge >= 0.3 is 0 Å². The van der Waals surface area contributed by atoms with E-state index in [1.54, 1.807) is 0 Å². The zero-order valence-corrected chi connectivity index (χ0v) is 13.9. The van der Waals surface area contributed by atoms with Crippen LogP contribution in [-0.2, 0) is 6.54 Å². The lowest BCUT2D eigenvalue weighted by molar-refractivity contribution is 0.0955. The molecule has 0 saturated carbocycles. The molecule has 1 amide bonds. The number of amides is 1. The fourth-order valence-corrected chi connectivity index (χ4v) is 1.92. The fraction of sp³-hybridized carbons (Fsp3) is 0.429. The van der Waals surface area contributed by atoms with Crippen molar-refractivity contribution in [2.45, 2.75) is 19.9 Å². The van der Waals surface area contributed by atoms with Crippen LogP contribution in [0.25, 0.3) is 0 Å². The van der Waals surface area contributed by atoms with Gasteiger partial charge in [0.15, 0.2) is 5.96 Å². The van der Waals surface area contributed by atoms with Crippen LogP contribution in [0.4, 0.5) is 0 Å². The van der Waals surface area contributed by atoms with Gasteiger partial charge in [-0.1, -0.05) is 12.1 Å². The van der Waals surface area contributed by atoms with E-state index in [1.165, 1.54) is 0 Å². The molecule has 0 saturated heterocycles. The Kier molecular flexibility index (Phi) is 7.35. The zero-order valence-electron chi connectivity index (χ0n) is 11.6. The minimum atomic E-state index is -0.0301. The molecule has 1 aromatic carbocycles. The Hall–Kier alpha value is -1.31. The van der Waals surface area contributed by atoms with Crippen molar-refractivity contribution in [1.82, 2.24) is 16.0 Å². The van der Waals surface area contributed by atoms with Crippen LogP contribution >= 0.6 is 24.0 Å². The van der Waals surface area contributed by atoms with Crippen LogP contribution in [0.2, 0.25) is 0 Å². The minimum absolute atomic E-state index is 0. The molecule has 0 radical (unpaired) electrons. The maximum absolute atomic E-state index is 11.7. The number of guanidine groups is 1. The molecule has 1 aromatic rings. The third kappa shape index (κ3) is 4.99. The quantitative estimate of drug-likeness (QED) is 0.685. The van der Waals surface area contributed by atoms with Gasteiger partial charge in [-0.15, -0.1) is 24.0 Å². The number of nitrogens with one attached hydrogen (secondary N) is 3. The van der Waals surface area contributed by atoms with Crippen LogP contribution in [0, 0.1) is 0 Å². The van der Waals surface area contributed by atoms with Gasteiger partial charge in [0, 0.05) is 31.7 Å². The monoisotopic (exact) mass is 388 g/mol. The summed E-state index contributed by atoms with van der Waals surface area (Å²) in [4.78, 5) is 16.1. The molecule has 20 heavy (non-hydrogen) atoms. The van der Waals surface area contributed by atoms with Gasteiger partial charge in [0.2, 0.25) is 0 Å². The molecule has 0 aliphatic carbocycles. The lowest BCUT2D eigenvalue weighted by Crippen LogP contribution is -2.40. The first kappa shape index (κ1) is 16.7. The highest BCUT2D eigenvalue weighted by molar-refractivity contribution is 14.0. The van der Waals surface area contributed by atoms with Crippen molar-refractivity contribution in [1.29, 1.82) is 0 Å². The minimum Gasteiger partial charge on any atom is -0.356 e. The number of halogens is 1. The van der Waals surface area contributed by atoms with E-state index in [4.69, 9.17) is 0 Å². The first-order valence-electron chi connectivity index (χ1n) is 6.69. The maximum atomic E-state index is 11.7. The van der Waals surface area contributed by atoms with Crippen molar-refractivity contribution in [3.63, 3.8) is 0 Å². The summed E-state index contributed by atoms with van der Waals surface area (Å²) in [6.07, 6.45) is 1.08. The number of benzene rings is 1. The van der Waals surface area contributed by atoms with Gasteiger partial charge in [0.1, 0.15) is 0 Å². The molecule has 0 bridgehead atoms. The van der Waals surface area contributed by atoms with Gasteiger partial charge in [-0.25, -0.2) is 0 Å². The van der Waals surface area contributed by atoms with Gasteiger partial charge in [-0.2, -0.15) is 0 Å². The molecule has 1 aliphatic rings. The van der Waals surface area contributed by atoms with Gasteiger partial charge < -0.3 is 16.0 Å². The summed E-state index contributed by atoms with van der Waals surface area (Å²) in [6, 6.07) is 7.63. The second kappa shape index (κ2) is 8.78. The Morgan fingerprint density at radius 2 is 2.30 bits per heavy atom. The standard InChI is InChI=1S/C14H20N4O.HI/c1-2-15-13(19)12-6-3-5-11(9-12)10-18-14-16-7-4-8-17-14;/h3,5-6,9H,2,4,7-8,10H2,1H3,(H,15,19)(H2,16,17,18);1H. The Morgan fingerprint density at radius 1 is 1.45 bits per heavy atom. The molecule has 0 atom stereocenters. The largest absolute Gasteiger partial charge is 0.356 e. The second-order valence-corrected chi connectivity index (χ2v) is 4.42. The first-order valence-corrected chi connectivity index (χ1v) is 6.69. The number of carbonyl (C=O) groups excluding carboxylic acids is 1. The van der Waals surface area contributed by atoms with E-state index in [1.807, 2.05) is 31.2 Å². The lowest BCUT2D eigenvalue weighted by Gasteiger charge is -2.16. The number of rotatable bonds is 4. The highest BCUT2D eigenvalue weighted by atomic mass is 127. The maximum Gasteiger partial charge on any atom is 0.251 e. The molecule has 0 spiro atoms. The zero-order chi connectivity index (χ0) is 13.5. The Morgan fingerprint density at radius 3 is 3.00 bits per heavy atom. The highest BCUT2D eigenvalue weighted by Gasteiger charge is 2.06. The van der Waals surface area contributed by atoms with Crippen molar-refractivity contribution >= 4 is 35.8 Å². The van der Waals surface area contributed by atoms with E-state index in [0.717, 1.165) is 31.0 Å². The van der Waals surface area contributed by atoms with Crippen LogP contribution in [-0.4, -0.2) is 31.5 Å². The molecule has 110 valence electrons. The predicted octanol–water partition coefficient (Wildman–Crippen LogP) is 1.49. The summed E-state index contributed by atoms with van der Waals surface area (Å²) >= 11 is 0. The van der Waals surface area contributed by atoms with Crippen LogP contribution in [0.15, 0.2) is 29.3 Å². The molecule has 5 nitrogen and oxygen atoms in total. The first-order chi connectivity index (χ1) is 9.29. The summed E-state index contributed by atoms with van der Waals surface area (Å²) in [7, 11) is 0. The van der Waals surface area contributed by atoms with Crippen molar-refractivity contribution in [2.24, 2.45) is 4.99 Å². The Bertz CT molecular complexity index is 476. The molecular weight excluding hydrogens is 367 g/mol. The molecule has 0 fully saturated rings. The number of hydrogen-bond acceptors (Lipinski definition) is 4. The SMILES string of the molecule is CCNC(=O)c1cccc(CNC2=NCCCN2)c1.I. The molecule has 1 heterocycles. The molecule has 6 heteroatoms. The third-order valence-electron chi connectivity index (χ3n) is 2.88. The van der Waals surface area contributed by atoms with Crippen molar-refractivity contribution in [3.05, 3.63) is 35.4 Å². The van der Waals surface area contributed by atoms with Crippen LogP contribution in [0.1, 0.15) is 29.3 Å². The molecular formula is C14H21IN4O. The number of aliphatic imine (C=N–C) groups is 1. The number of nitrogens with zero attached hydrogens (tertiary/aromatic N) is 1. The molecule has 0 unspecified atom stereocenters. The summed E-state index contributed by atoms with van der Waals surface area (Å²) in [6.45, 7) is 5.05. The summed E-state index contributed by atoms with van der Waals surface area (Å²) in [5.41, 5.74) is 1.76. The topological polar surface area (TPSA) is 65.5 Å². The summed E-state index contributed by atoms with van der Waals surface area (Å²) in [5.74, 6) is 0.812. The van der Waals surface area contributed by atoms with Crippen molar-refractivity contribution < 1.29 is 4.79 Å². The van der Waals surface area contributed by atoms with Gasteiger partial charge in [-0.05, 0) is 31.0 Å². The molecule has 2 rings (SSSR count). The average Bonchev–Trinajstić information content (AvgIpc) is 2.47. The Labute approximate surface area is 136 Å². The van der Waals surface area contributed by atoms with Crippen molar-refractivity contribution in [3.8, 4) is 0 Å². The lowest BCUT2D eigenvalue weighted by atomic mass is 10.1. The van der Waals surface area contributed by atoms with Gasteiger partial charge in [-0.3, -0.25) is 9.79 Å². The fourth-order valence-electron chi connectivity index (χ4n) is 1.92. The van der Waals surface area contributed by atoms with E-state index in [2.05, 4.69) is 20.9 Å². The van der Waals surface area contributed by atoms with Crippen LogP contribution < -0.4 is 16.0 Å². The van der Waals surface area contributed by atoms with Crippen molar-refractivity contribution in [2.75, 3.05) is 19.6 Å². The summed E-state index contributed by atoms with van der Waals surface area (Å²) < 4.78 is 0. The highest BCUT2D eigenvalue weighted by Crippen LogP contribution is 2.05. The van der Waals surface area contributed by atoms with Crippen LogP contribution in [0.3, 0.4) is 0 Å². The molecule has 1 aliphatic heterocycles. The van der Waals surface area contributed by atoms with E-state index in [-0.39, 0.29) is 29.9 Å². The number of hydrogen-bond donors (Lipinski definition) is 3. The third-order valence-corrected chi connectivity index (χ3v) is 2.88. The second-order valence-electron chi connectivity index (χ2n) is 4.42. The van der Waals surface area contributed by atoms with E-state index < -0.39 is 0 Å². The molecule has 3 N–H and O–H groups in total. The normalized spacial score (nSPS) is 13.6.